The van der Waals surface area contributed by atoms with Crippen LogP contribution in [0, 0.1) is 0 Å². The number of fused-ring (bicyclic) bond motifs is 9. The van der Waals surface area contributed by atoms with E-state index in [1.54, 1.807) is 0 Å². The summed E-state index contributed by atoms with van der Waals surface area (Å²) < 4.78 is 9.56. The Labute approximate surface area is 380 Å². The van der Waals surface area contributed by atoms with Crippen LogP contribution in [0.4, 0.5) is 17.1 Å². The fraction of sp³-hybridized carbons (Fsp3) is 0. The molecule has 11 aromatic carbocycles. The SMILES string of the molecule is c1cc(-c2ccc(N(c3ccc(-c4cccc5c4sc4ccccc45)cc3)c3ccccc3-c3cccc4c3oc3c5ccccc5ccc43)cc2)cc(-c2cccc3ccccc23)c1. The zero-order chi connectivity index (χ0) is 42.8. The number of para-hydroxylation sites is 2. The van der Waals surface area contributed by atoms with Crippen molar-refractivity contribution in [3.63, 3.8) is 0 Å². The molecule has 3 heteroatoms. The van der Waals surface area contributed by atoms with Gasteiger partial charge in [0.1, 0.15) is 11.2 Å². The van der Waals surface area contributed by atoms with E-state index < -0.39 is 0 Å². The highest BCUT2D eigenvalue weighted by Gasteiger charge is 2.22. The summed E-state index contributed by atoms with van der Waals surface area (Å²) in [5, 5.41) is 9.65. The van der Waals surface area contributed by atoms with Gasteiger partial charge in [0.25, 0.3) is 0 Å². The van der Waals surface area contributed by atoms with Crippen molar-refractivity contribution in [2.45, 2.75) is 0 Å². The monoisotopic (exact) mass is 845 g/mol. The summed E-state index contributed by atoms with van der Waals surface area (Å²) in [7, 11) is 0. The Kier molecular flexibility index (Phi) is 8.75. The highest BCUT2D eigenvalue weighted by Crippen LogP contribution is 2.47. The number of hydrogen-bond acceptors (Lipinski definition) is 3. The molecule has 0 bridgehead atoms. The van der Waals surface area contributed by atoms with E-state index in [2.05, 4.69) is 241 Å². The number of hydrogen-bond donors (Lipinski definition) is 0. The summed E-state index contributed by atoms with van der Waals surface area (Å²) in [6, 6.07) is 85.8. The molecule has 0 unspecified atom stereocenters. The fourth-order valence-electron chi connectivity index (χ4n) is 9.97. The quantitative estimate of drug-likeness (QED) is 0.159. The maximum Gasteiger partial charge on any atom is 0.143 e. The molecule has 0 aliphatic rings. The molecule has 0 fully saturated rings. The molecule has 0 saturated carbocycles. The maximum absolute atomic E-state index is 6.93. The summed E-state index contributed by atoms with van der Waals surface area (Å²) in [6.07, 6.45) is 0. The van der Waals surface area contributed by atoms with Crippen LogP contribution in [-0.2, 0) is 0 Å². The maximum atomic E-state index is 6.93. The minimum Gasteiger partial charge on any atom is -0.455 e. The summed E-state index contributed by atoms with van der Waals surface area (Å²) in [4.78, 5) is 2.40. The molecule has 304 valence electrons. The molecule has 0 spiro atoms. The Balaban J connectivity index is 0.952. The molecule has 13 aromatic rings. The molecular weight excluding hydrogens is 807 g/mol. The van der Waals surface area contributed by atoms with E-state index in [0.717, 1.165) is 61.1 Å². The molecule has 0 N–H and O–H groups in total. The number of rotatable bonds is 7. The lowest BCUT2D eigenvalue weighted by Crippen LogP contribution is -2.11. The Morgan fingerprint density at radius 2 is 0.862 bits per heavy atom. The molecule has 13 rings (SSSR count). The predicted molar refractivity (Wildman–Crippen MR) is 278 cm³/mol. The second kappa shape index (κ2) is 15.2. The average molecular weight is 846 g/mol. The van der Waals surface area contributed by atoms with Crippen LogP contribution in [0.25, 0.3) is 108 Å². The first-order valence-electron chi connectivity index (χ1n) is 22.2. The molecule has 0 aliphatic heterocycles. The lowest BCUT2D eigenvalue weighted by atomic mass is 9.95. The molecule has 2 aromatic heterocycles. The molecule has 0 aliphatic carbocycles. The Morgan fingerprint density at radius 1 is 0.308 bits per heavy atom. The predicted octanol–water partition coefficient (Wildman–Crippen LogP) is 18.4. The van der Waals surface area contributed by atoms with E-state index in [9.17, 15) is 0 Å². The third kappa shape index (κ3) is 6.24. The van der Waals surface area contributed by atoms with Gasteiger partial charge in [-0.3, -0.25) is 0 Å². The van der Waals surface area contributed by atoms with Crippen molar-refractivity contribution in [2.75, 3.05) is 4.90 Å². The second-order valence-electron chi connectivity index (χ2n) is 16.8. The summed E-state index contributed by atoms with van der Waals surface area (Å²) >= 11 is 1.87. The van der Waals surface area contributed by atoms with Crippen molar-refractivity contribution in [1.82, 2.24) is 0 Å². The van der Waals surface area contributed by atoms with Crippen molar-refractivity contribution in [3.05, 3.63) is 237 Å². The molecule has 65 heavy (non-hydrogen) atoms. The number of furan rings is 1. The van der Waals surface area contributed by atoms with Gasteiger partial charge >= 0.3 is 0 Å². The first-order chi connectivity index (χ1) is 32.2. The Hall–Kier alpha value is -8.24. The van der Waals surface area contributed by atoms with Crippen LogP contribution in [0.5, 0.6) is 0 Å². The van der Waals surface area contributed by atoms with Crippen LogP contribution in [-0.4, -0.2) is 0 Å². The highest BCUT2D eigenvalue weighted by atomic mass is 32.1. The lowest BCUT2D eigenvalue weighted by molar-refractivity contribution is 0.674. The summed E-state index contributed by atoms with van der Waals surface area (Å²) in [6.45, 7) is 0. The van der Waals surface area contributed by atoms with Gasteiger partial charge < -0.3 is 9.32 Å². The molecule has 0 saturated heterocycles. The van der Waals surface area contributed by atoms with E-state index >= 15 is 0 Å². The van der Waals surface area contributed by atoms with Crippen LogP contribution in [0.1, 0.15) is 0 Å². The van der Waals surface area contributed by atoms with Crippen LogP contribution < -0.4 is 4.90 Å². The lowest BCUT2D eigenvalue weighted by Gasteiger charge is -2.28. The molecule has 0 atom stereocenters. The standard InChI is InChI=1S/C62H39NOS/c1-3-18-48-41(13-1)15-10-22-49(48)45-17-9-16-44(39-45)40-29-34-46(35-30-40)63(47-36-31-43(32-37-47)51-23-11-26-57-53-21-6-8-28-59(53)65-62(51)57)58-27-7-5-20-52(58)54-24-12-25-55-56-38-33-42-14-2-4-19-50(42)60(56)64-61(54)55/h1-39H. The average Bonchev–Trinajstić information content (AvgIpc) is 3.96. The Morgan fingerprint density at radius 3 is 1.69 bits per heavy atom. The van der Waals surface area contributed by atoms with Gasteiger partial charge in [-0.25, -0.2) is 0 Å². The smallest absolute Gasteiger partial charge is 0.143 e. The molecular formula is C62H39NOS. The normalized spacial score (nSPS) is 11.7. The highest BCUT2D eigenvalue weighted by molar-refractivity contribution is 7.26. The van der Waals surface area contributed by atoms with Crippen LogP contribution in [0.3, 0.4) is 0 Å². The zero-order valence-electron chi connectivity index (χ0n) is 35.3. The van der Waals surface area contributed by atoms with Gasteiger partial charge in [0.2, 0.25) is 0 Å². The van der Waals surface area contributed by atoms with Gasteiger partial charge in [-0.05, 0) is 98.1 Å². The number of benzene rings is 11. The largest absolute Gasteiger partial charge is 0.455 e. The van der Waals surface area contributed by atoms with Crippen molar-refractivity contribution in [2.24, 2.45) is 0 Å². The van der Waals surface area contributed by atoms with Crippen molar-refractivity contribution >= 4 is 92.1 Å². The number of thiophene rings is 1. The van der Waals surface area contributed by atoms with Crippen LogP contribution in [0.2, 0.25) is 0 Å². The minimum atomic E-state index is 0.888. The van der Waals surface area contributed by atoms with E-state index in [1.165, 1.54) is 64.1 Å². The van der Waals surface area contributed by atoms with Gasteiger partial charge in [-0.15, -0.1) is 11.3 Å². The number of anilines is 3. The first kappa shape index (κ1) is 37.3. The first-order valence-corrected chi connectivity index (χ1v) is 23.0. The molecule has 2 nitrogen and oxygen atoms in total. The van der Waals surface area contributed by atoms with E-state index in [4.69, 9.17) is 4.42 Å². The van der Waals surface area contributed by atoms with Gasteiger partial charge in [-0.1, -0.05) is 188 Å². The minimum absolute atomic E-state index is 0.888. The third-order valence-corrected chi connectivity index (χ3v) is 14.3. The molecule has 0 amide bonds. The fourth-order valence-corrected chi connectivity index (χ4v) is 11.2. The van der Waals surface area contributed by atoms with E-state index in [-0.39, 0.29) is 0 Å². The van der Waals surface area contributed by atoms with Crippen LogP contribution in [0.15, 0.2) is 241 Å². The van der Waals surface area contributed by atoms with E-state index in [1.807, 2.05) is 11.3 Å². The van der Waals surface area contributed by atoms with Crippen molar-refractivity contribution in [3.8, 4) is 44.5 Å². The topological polar surface area (TPSA) is 16.4 Å². The summed E-state index contributed by atoms with van der Waals surface area (Å²) in [5.74, 6) is 0. The van der Waals surface area contributed by atoms with Gasteiger partial charge in [0, 0.05) is 58.8 Å². The third-order valence-electron chi connectivity index (χ3n) is 13.1. The molecule has 2 heterocycles. The summed E-state index contributed by atoms with van der Waals surface area (Å²) in [5.41, 5.74) is 14.4. The zero-order valence-corrected chi connectivity index (χ0v) is 36.1. The van der Waals surface area contributed by atoms with Crippen molar-refractivity contribution < 1.29 is 4.42 Å². The molecule has 0 radical (unpaired) electrons. The van der Waals surface area contributed by atoms with Gasteiger partial charge in [0.15, 0.2) is 0 Å². The second-order valence-corrected chi connectivity index (χ2v) is 17.8. The number of nitrogens with zero attached hydrogens (tertiary/aromatic N) is 1. The van der Waals surface area contributed by atoms with Gasteiger partial charge in [-0.2, -0.15) is 0 Å². The van der Waals surface area contributed by atoms with Crippen molar-refractivity contribution in [1.29, 1.82) is 0 Å². The Bertz CT molecular complexity index is 3950. The van der Waals surface area contributed by atoms with E-state index in [0.29, 0.717) is 0 Å². The van der Waals surface area contributed by atoms with Gasteiger partial charge in [0.05, 0.1) is 5.69 Å². The van der Waals surface area contributed by atoms with Crippen LogP contribution >= 0.6 is 11.3 Å².